The van der Waals surface area contributed by atoms with Crippen molar-refractivity contribution in [1.82, 2.24) is 10.2 Å². The summed E-state index contributed by atoms with van der Waals surface area (Å²) in [4.78, 5) is 14.9. The van der Waals surface area contributed by atoms with Crippen molar-refractivity contribution in [3.8, 4) is 0 Å². The number of fused-ring (bicyclic) bond motifs is 1. The van der Waals surface area contributed by atoms with Crippen molar-refractivity contribution in [3.63, 3.8) is 0 Å². The van der Waals surface area contributed by atoms with E-state index in [1.54, 1.807) is 0 Å². The van der Waals surface area contributed by atoms with Crippen LogP contribution in [0.2, 0.25) is 0 Å². The van der Waals surface area contributed by atoms with Crippen LogP contribution in [0.25, 0.3) is 0 Å². The lowest BCUT2D eigenvalue weighted by Gasteiger charge is -2.32. The van der Waals surface area contributed by atoms with Gasteiger partial charge in [-0.1, -0.05) is 28.4 Å². The Hall–Kier alpha value is -0.870. The number of piperidine rings is 1. The van der Waals surface area contributed by atoms with E-state index in [1.807, 2.05) is 25.1 Å². The number of aryl methyl sites for hydroxylation is 1. The Morgan fingerprint density at radius 3 is 2.95 bits per heavy atom. The van der Waals surface area contributed by atoms with Crippen molar-refractivity contribution in [1.29, 1.82) is 0 Å². The van der Waals surface area contributed by atoms with Crippen molar-refractivity contribution in [2.45, 2.75) is 44.7 Å². The average Bonchev–Trinajstić information content (AvgIpc) is 2.85. The quantitative estimate of drug-likeness (QED) is 0.899. The average molecular weight is 337 g/mol. The first kappa shape index (κ1) is 14.1. The molecule has 0 radical (unpaired) electrons. The van der Waals surface area contributed by atoms with Gasteiger partial charge in [-0.3, -0.25) is 9.69 Å². The minimum atomic E-state index is 0.0584. The minimum absolute atomic E-state index is 0.0584. The van der Waals surface area contributed by atoms with E-state index in [0.29, 0.717) is 12.1 Å². The fourth-order valence-electron chi connectivity index (χ4n) is 3.40. The molecule has 3 nitrogen and oxygen atoms in total. The van der Waals surface area contributed by atoms with Gasteiger partial charge in [0.25, 0.3) is 5.91 Å². The Morgan fingerprint density at radius 1 is 1.30 bits per heavy atom. The van der Waals surface area contributed by atoms with Gasteiger partial charge in [-0.15, -0.1) is 0 Å². The molecule has 0 aromatic heterocycles. The van der Waals surface area contributed by atoms with E-state index in [4.69, 9.17) is 0 Å². The highest BCUT2D eigenvalue weighted by Gasteiger charge is 2.36. The van der Waals surface area contributed by atoms with Gasteiger partial charge in [-0.05, 0) is 50.4 Å². The number of carbonyl (C=O) groups is 1. The zero-order valence-electron chi connectivity index (χ0n) is 11.9. The number of halogens is 1. The summed E-state index contributed by atoms with van der Waals surface area (Å²) >= 11 is 3.49. The summed E-state index contributed by atoms with van der Waals surface area (Å²) in [5.41, 5.74) is 1.90. The van der Waals surface area contributed by atoms with Crippen LogP contribution in [0.4, 0.5) is 0 Å². The third-order valence-electron chi connectivity index (χ3n) is 4.61. The van der Waals surface area contributed by atoms with Crippen LogP contribution in [0.3, 0.4) is 0 Å². The molecule has 2 atom stereocenters. The maximum atomic E-state index is 12.4. The fourth-order valence-corrected chi connectivity index (χ4v) is 3.78. The summed E-state index contributed by atoms with van der Waals surface area (Å²) in [6.45, 7) is 4.36. The first-order valence-corrected chi connectivity index (χ1v) is 8.25. The zero-order valence-corrected chi connectivity index (χ0v) is 13.4. The SMILES string of the molecule is Cc1ccc(C(=O)NC2CCN3CCCCC23)cc1Br. The molecule has 1 aromatic rings. The molecule has 0 aliphatic carbocycles. The molecule has 2 aliphatic rings. The van der Waals surface area contributed by atoms with Crippen LogP contribution in [0.5, 0.6) is 0 Å². The number of hydrogen-bond acceptors (Lipinski definition) is 2. The molecule has 0 spiro atoms. The summed E-state index contributed by atoms with van der Waals surface area (Å²) in [7, 11) is 0. The normalized spacial score (nSPS) is 26.3. The van der Waals surface area contributed by atoms with Crippen LogP contribution >= 0.6 is 15.9 Å². The maximum Gasteiger partial charge on any atom is 0.251 e. The van der Waals surface area contributed by atoms with E-state index in [1.165, 1.54) is 25.8 Å². The number of carbonyl (C=O) groups excluding carboxylic acids is 1. The first-order chi connectivity index (χ1) is 9.65. The lowest BCUT2D eigenvalue weighted by Crippen LogP contribution is -2.46. The molecular weight excluding hydrogens is 316 g/mol. The Kier molecular flexibility index (Phi) is 4.13. The largest absolute Gasteiger partial charge is 0.348 e. The Balaban J connectivity index is 1.68. The lowest BCUT2D eigenvalue weighted by atomic mass is 9.98. The van der Waals surface area contributed by atoms with Crippen LogP contribution in [-0.4, -0.2) is 36.0 Å². The fraction of sp³-hybridized carbons (Fsp3) is 0.562. The third kappa shape index (κ3) is 2.77. The molecule has 0 saturated carbocycles. The number of benzene rings is 1. The minimum Gasteiger partial charge on any atom is -0.348 e. The molecule has 2 fully saturated rings. The van der Waals surface area contributed by atoms with Crippen molar-refractivity contribution < 1.29 is 4.79 Å². The summed E-state index contributed by atoms with van der Waals surface area (Å²) < 4.78 is 0.996. The molecular formula is C16H21BrN2O. The van der Waals surface area contributed by atoms with Gasteiger partial charge in [0.2, 0.25) is 0 Å². The predicted molar refractivity (Wildman–Crippen MR) is 84.0 cm³/mol. The van der Waals surface area contributed by atoms with Crippen molar-refractivity contribution in [2.24, 2.45) is 0 Å². The van der Waals surface area contributed by atoms with E-state index >= 15 is 0 Å². The molecule has 3 rings (SSSR count). The Morgan fingerprint density at radius 2 is 2.15 bits per heavy atom. The number of nitrogens with one attached hydrogen (secondary N) is 1. The molecule has 2 heterocycles. The van der Waals surface area contributed by atoms with E-state index in [0.717, 1.165) is 28.6 Å². The summed E-state index contributed by atoms with van der Waals surface area (Å²) in [6, 6.07) is 6.69. The van der Waals surface area contributed by atoms with Gasteiger partial charge >= 0.3 is 0 Å². The highest BCUT2D eigenvalue weighted by atomic mass is 79.9. The van der Waals surface area contributed by atoms with Gasteiger partial charge < -0.3 is 5.32 Å². The summed E-state index contributed by atoms with van der Waals surface area (Å²) in [5.74, 6) is 0.0584. The van der Waals surface area contributed by atoms with Gasteiger partial charge in [0.15, 0.2) is 0 Å². The van der Waals surface area contributed by atoms with E-state index in [-0.39, 0.29) is 5.91 Å². The second-order valence-corrected chi connectivity index (χ2v) is 6.79. The molecule has 1 amide bonds. The van der Waals surface area contributed by atoms with Crippen molar-refractivity contribution in [3.05, 3.63) is 33.8 Å². The standard InChI is InChI=1S/C16H21BrN2O/c1-11-5-6-12(10-13(11)17)16(20)18-14-7-9-19-8-3-2-4-15(14)19/h5-6,10,14-15H,2-4,7-9H2,1H3,(H,18,20). The van der Waals surface area contributed by atoms with E-state index < -0.39 is 0 Å². The topological polar surface area (TPSA) is 32.3 Å². The molecule has 2 unspecified atom stereocenters. The first-order valence-electron chi connectivity index (χ1n) is 7.46. The second-order valence-electron chi connectivity index (χ2n) is 5.93. The highest BCUT2D eigenvalue weighted by Crippen LogP contribution is 2.27. The number of hydrogen-bond donors (Lipinski definition) is 1. The van der Waals surface area contributed by atoms with Crippen LogP contribution in [0, 0.1) is 6.92 Å². The summed E-state index contributed by atoms with van der Waals surface area (Å²) in [5, 5.41) is 3.24. The molecule has 1 N–H and O–H groups in total. The van der Waals surface area contributed by atoms with Crippen LogP contribution in [0.15, 0.2) is 22.7 Å². The summed E-state index contributed by atoms with van der Waals surface area (Å²) in [6.07, 6.45) is 4.91. The van der Waals surface area contributed by atoms with Gasteiger partial charge in [0, 0.05) is 28.7 Å². The van der Waals surface area contributed by atoms with Crippen LogP contribution in [0.1, 0.15) is 41.6 Å². The monoisotopic (exact) mass is 336 g/mol. The highest BCUT2D eigenvalue weighted by molar-refractivity contribution is 9.10. The van der Waals surface area contributed by atoms with Gasteiger partial charge in [0.1, 0.15) is 0 Å². The Labute approximate surface area is 128 Å². The number of nitrogens with zero attached hydrogens (tertiary/aromatic N) is 1. The van der Waals surface area contributed by atoms with Crippen molar-refractivity contribution >= 4 is 21.8 Å². The molecule has 0 bridgehead atoms. The molecule has 2 saturated heterocycles. The van der Waals surface area contributed by atoms with Crippen molar-refractivity contribution in [2.75, 3.05) is 13.1 Å². The maximum absolute atomic E-state index is 12.4. The van der Waals surface area contributed by atoms with Gasteiger partial charge in [-0.25, -0.2) is 0 Å². The molecule has 4 heteroatoms. The lowest BCUT2D eigenvalue weighted by molar-refractivity contribution is 0.0915. The van der Waals surface area contributed by atoms with Gasteiger partial charge in [-0.2, -0.15) is 0 Å². The molecule has 2 aliphatic heterocycles. The second kappa shape index (κ2) is 5.86. The molecule has 1 aromatic carbocycles. The zero-order chi connectivity index (χ0) is 14.1. The third-order valence-corrected chi connectivity index (χ3v) is 5.46. The smallest absolute Gasteiger partial charge is 0.251 e. The predicted octanol–water partition coefficient (Wildman–Crippen LogP) is 3.11. The number of amides is 1. The number of rotatable bonds is 2. The van der Waals surface area contributed by atoms with E-state index in [9.17, 15) is 4.79 Å². The molecule has 108 valence electrons. The van der Waals surface area contributed by atoms with Gasteiger partial charge in [0.05, 0.1) is 0 Å². The molecule has 20 heavy (non-hydrogen) atoms. The Bertz CT molecular complexity index is 517. The van der Waals surface area contributed by atoms with E-state index in [2.05, 4.69) is 26.1 Å². The van der Waals surface area contributed by atoms with Crippen LogP contribution in [-0.2, 0) is 0 Å². The van der Waals surface area contributed by atoms with Crippen LogP contribution < -0.4 is 5.32 Å².